The van der Waals surface area contributed by atoms with E-state index in [4.69, 9.17) is 9.72 Å². The molecule has 0 unspecified atom stereocenters. The Morgan fingerprint density at radius 2 is 1.20 bits per heavy atom. The average Bonchev–Trinajstić information content (AvgIpc) is 3.89. The molecule has 0 saturated carbocycles. The van der Waals surface area contributed by atoms with E-state index < -0.39 is 16.1 Å². The third kappa shape index (κ3) is 6.94. The van der Waals surface area contributed by atoms with Crippen LogP contribution in [0, 0.1) is 18.8 Å². The van der Waals surface area contributed by atoms with Gasteiger partial charge in [-0.15, -0.1) is 53.6 Å². The van der Waals surface area contributed by atoms with Crippen molar-refractivity contribution in [2.45, 2.75) is 78.6 Å². The molecule has 6 nitrogen and oxygen atoms in total. The molecule has 2 aromatic heterocycles. The van der Waals surface area contributed by atoms with E-state index in [1.165, 1.54) is 49.1 Å². The molecular weight excluding hydrogens is 1010 g/mol. The second-order valence-electron chi connectivity index (χ2n) is 20.8. The molecule has 11 rings (SSSR count). The molecule has 0 spiro atoms. The van der Waals surface area contributed by atoms with Crippen molar-refractivity contribution in [3.8, 4) is 17.3 Å². The Bertz CT molecular complexity index is 3170. The van der Waals surface area contributed by atoms with Gasteiger partial charge in [0.05, 0.1) is 0 Å². The van der Waals surface area contributed by atoms with E-state index in [1.54, 1.807) is 0 Å². The predicted octanol–water partition coefficient (Wildman–Crippen LogP) is 11.8. The third-order valence-electron chi connectivity index (χ3n) is 13.8. The van der Waals surface area contributed by atoms with E-state index in [0.29, 0.717) is 11.5 Å². The number of rotatable bonds is 5. The number of benzene rings is 6. The van der Waals surface area contributed by atoms with Gasteiger partial charge in [-0.25, -0.2) is 4.98 Å². The van der Waals surface area contributed by atoms with Gasteiger partial charge < -0.3 is 24.0 Å². The number of ether oxygens (including phenoxy) is 1. The number of nitrogens with zero attached hydrogens (tertiary/aromatic N) is 5. The summed E-state index contributed by atoms with van der Waals surface area (Å²) in [6.45, 7) is 25.7. The van der Waals surface area contributed by atoms with Gasteiger partial charge in [0.1, 0.15) is 22.0 Å². The summed E-state index contributed by atoms with van der Waals surface area (Å²) in [7, 11) is -4.19. The van der Waals surface area contributed by atoms with E-state index in [1.807, 2.05) is 12.3 Å². The largest absolute Gasteiger partial charge is 0.509 e. The standard InChI is InChI=1S/C56H54N5OSi2.Pt/c1-55(2,3)37-25-26-57-53(31-37)60-45-18-12-11-17-43(45)44-24-23-41(35-48(44)60)62-42-30-38(56(4,5)6)29-39(32-42)58-27-28-59(36-58)40-33-51-54-52(34-40)64(9,10)50-22-16-14-20-47(50)61(54)46-19-13-15-21-49(46)63(51,7)8;/h11-31,33-34,36H,1-10H3;/q-3;. The minimum absolute atomic E-state index is 0. The molecule has 0 radical (unpaired) electrons. The molecule has 0 atom stereocenters. The molecule has 0 fully saturated rings. The molecule has 3 aliphatic rings. The van der Waals surface area contributed by atoms with Gasteiger partial charge in [0.2, 0.25) is 0 Å². The van der Waals surface area contributed by atoms with Gasteiger partial charge in [-0.3, -0.25) is 0 Å². The van der Waals surface area contributed by atoms with Crippen molar-refractivity contribution < 1.29 is 25.8 Å². The van der Waals surface area contributed by atoms with Crippen molar-refractivity contribution in [3.63, 3.8) is 0 Å². The molecule has 6 aromatic carbocycles. The SMILES string of the molecule is CC(C)(C)c1cc(Oc2[c-]c3c(cc2)c2ccccc2n3-c2cc(C(C)(C)C)ccn2)[c-]c(N2C=CN(c3cc4c5c(c3)[Si](C)(C)c3ccccc3N5c3ccccc3[Si]4(C)C)[CH-]2)c1.[Pt]. The van der Waals surface area contributed by atoms with E-state index in [9.17, 15) is 0 Å². The molecule has 0 bridgehead atoms. The Kier molecular flexibility index (Phi) is 10.1. The van der Waals surface area contributed by atoms with E-state index in [0.717, 1.165) is 38.9 Å². The molecule has 65 heavy (non-hydrogen) atoms. The van der Waals surface area contributed by atoms with Crippen molar-refractivity contribution in [2.75, 3.05) is 14.7 Å². The first kappa shape index (κ1) is 43.2. The fourth-order valence-electron chi connectivity index (χ4n) is 10.1. The van der Waals surface area contributed by atoms with Crippen molar-refractivity contribution in [1.82, 2.24) is 9.55 Å². The molecule has 8 aromatic rings. The van der Waals surface area contributed by atoms with Crippen LogP contribution in [0.4, 0.5) is 28.4 Å². The number of aromatic nitrogens is 2. The first-order chi connectivity index (χ1) is 30.5. The average molecular weight is 1060 g/mol. The molecule has 3 aliphatic heterocycles. The van der Waals surface area contributed by atoms with Gasteiger partial charge in [-0.1, -0.05) is 128 Å². The summed E-state index contributed by atoms with van der Waals surface area (Å²) in [5.41, 5.74) is 10.4. The normalized spacial score (nSPS) is 15.8. The van der Waals surface area contributed by atoms with Gasteiger partial charge in [0, 0.05) is 67.0 Å². The van der Waals surface area contributed by atoms with Crippen LogP contribution in [-0.2, 0) is 31.9 Å². The van der Waals surface area contributed by atoms with Crippen LogP contribution in [0.2, 0.25) is 26.2 Å². The molecule has 330 valence electrons. The van der Waals surface area contributed by atoms with Crippen molar-refractivity contribution >= 4 is 87.1 Å². The monoisotopic (exact) mass is 1060 g/mol. The number of pyridine rings is 1. The van der Waals surface area contributed by atoms with Gasteiger partial charge in [0.25, 0.3) is 0 Å². The number of hydrogen-bond acceptors (Lipinski definition) is 5. The minimum atomic E-state index is -2.10. The Morgan fingerprint density at radius 3 is 1.86 bits per heavy atom. The smallest absolute Gasteiger partial charge is 0.135 e. The van der Waals surface area contributed by atoms with Crippen LogP contribution in [0.1, 0.15) is 52.7 Å². The van der Waals surface area contributed by atoms with Crippen LogP contribution in [0.15, 0.2) is 140 Å². The molecule has 0 saturated heterocycles. The van der Waals surface area contributed by atoms with Gasteiger partial charge in [-0.2, -0.15) is 6.07 Å². The van der Waals surface area contributed by atoms with Gasteiger partial charge in [0.15, 0.2) is 0 Å². The minimum Gasteiger partial charge on any atom is -0.509 e. The summed E-state index contributed by atoms with van der Waals surface area (Å²) in [6, 6.07) is 51.9. The second kappa shape index (κ2) is 15.2. The number of anilines is 5. The maximum Gasteiger partial charge on any atom is 0.135 e. The van der Waals surface area contributed by atoms with Crippen molar-refractivity contribution in [1.29, 1.82) is 0 Å². The molecular formula is C56H54N5OPtSi2-3. The molecule has 0 amide bonds. The first-order valence-corrected chi connectivity index (χ1v) is 28.4. The van der Waals surface area contributed by atoms with Gasteiger partial charge >= 0.3 is 0 Å². The van der Waals surface area contributed by atoms with Crippen LogP contribution in [-0.4, -0.2) is 25.7 Å². The summed E-state index contributed by atoms with van der Waals surface area (Å²) < 4.78 is 9.00. The Labute approximate surface area is 400 Å². The zero-order valence-electron chi connectivity index (χ0n) is 38.8. The summed E-state index contributed by atoms with van der Waals surface area (Å²) in [4.78, 5) is 11.9. The summed E-state index contributed by atoms with van der Waals surface area (Å²) >= 11 is 0. The fraction of sp³-hybridized carbons (Fsp3) is 0.214. The van der Waals surface area contributed by atoms with Crippen molar-refractivity contribution in [3.05, 3.63) is 170 Å². The number of hydrogen-bond donors (Lipinski definition) is 0. The Hall–Kier alpha value is -5.67. The predicted molar refractivity (Wildman–Crippen MR) is 273 cm³/mol. The second-order valence-corrected chi connectivity index (χ2v) is 29.5. The Morgan fingerprint density at radius 1 is 0.585 bits per heavy atom. The fourth-order valence-corrected chi connectivity index (χ4v) is 16.2. The van der Waals surface area contributed by atoms with Crippen LogP contribution >= 0.6 is 0 Å². The van der Waals surface area contributed by atoms with E-state index in [-0.39, 0.29) is 31.9 Å². The molecule has 0 N–H and O–H groups in total. The maximum atomic E-state index is 6.79. The first-order valence-electron chi connectivity index (χ1n) is 22.4. The van der Waals surface area contributed by atoms with Crippen molar-refractivity contribution in [2.24, 2.45) is 0 Å². The third-order valence-corrected chi connectivity index (χ3v) is 20.8. The molecule has 5 heterocycles. The maximum absolute atomic E-state index is 6.79. The van der Waals surface area contributed by atoms with Crippen LogP contribution in [0.5, 0.6) is 11.5 Å². The van der Waals surface area contributed by atoms with E-state index in [2.05, 4.69) is 233 Å². The van der Waals surface area contributed by atoms with Crippen LogP contribution in [0.25, 0.3) is 27.6 Å². The quantitative estimate of drug-likeness (QED) is 0.127. The van der Waals surface area contributed by atoms with Crippen LogP contribution in [0.3, 0.4) is 0 Å². The number of fused-ring (bicyclic) bond motifs is 7. The van der Waals surface area contributed by atoms with Gasteiger partial charge in [-0.05, 0) is 97.4 Å². The zero-order chi connectivity index (χ0) is 44.5. The summed E-state index contributed by atoms with van der Waals surface area (Å²) in [5.74, 6) is 2.13. The molecule has 0 aliphatic carbocycles. The molecule has 9 heteroatoms. The van der Waals surface area contributed by atoms with Crippen LogP contribution < -0.4 is 40.2 Å². The Balaban J connectivity index is 0.00000498. The number of para-hydroxylation sites is 3. The summed E-state index contributed by atoms with van der Waals surface area (Å²) in [6.07, 6.45) is 6.24. The topological polar surface area (TPSA) is 36.8 Å². The zero-order valence-corrected chi connectivity index (χ0v) is 43.1. The van der Waals surface area contributed by atoms with E-state index >= 15 is 0 Å². The summed E-state index contributed by atoms with van der Waals surface area (Å²) in [5, 5.41) is 8.21.